The number of ether oxygens (including phenoxy) is 3. The molecule has 1 amide bonds. The van der Waals surface area contributed by atoms with E-state index in [2.05, 4.69) is 10.6 Å². The van der Waals surface area contributed by atoms with Crippen molar-refractivity contribution in [2.24, 2.45) is 0 Å². The van der Waals surface area contributed by atoms with Crippen LogP contribution in [0.4, 0.5) is 5.69 Å². The first-order chi connectivity index (χ1) is 19.0. The highest BCUT2D eigenvalue weighted by Crippen LogP contribution is 2.35. The molecule has 7 nitrogen and oxygen atoms in total. The fourth-order valence-corrected chi connectivity index (χ4v) is 4.74. The van der Waals surface area contributed by atoms with Gasteiger partial charge in [-0.3, -0.25) is 4.79 Å². The van der Waals surface area contributed by atoms with Crippen molar-refractivity contribution in [3.05, 3.63) is 90.5 Å². The van der Waals surface area contributed by atoms with Crippen LogP contribution in [0.3, 0.4) is 0 Å². The lowest BCUT2D eigenvalue weighted by Gasteiger charge is -2.24. The molecule has 1 fully saturated rings. The topological polar surface area (TPSA) is 89.1 Å². The summed E-state index contributed by atoms with van der Waals surface area (Å²) >= 11 is 0. The molecule has 0 aliphatic carbocycles. The number of methoxy groups -OCH3 is 2. The Labute approximate surface area is 228 Å². The Morgan fingerprint density at radius 3 is 2.33 bits per heavy atom. The highest BCUT2D eigenvalue weighted by Gasteiger charge is 2.16. The van der Waals surface area contributed by atoms with Crippen LogP contribution < -0.4 is 24.8 Å². The van der Waals surface area contributed by atoms with Gasteiger partial charge in [0.2, 0.25) is 0 Å². The van der Waals surface area contributed by atoms with Crippen LogP contribution in [-0.4, -0.2) is 44.4 Å². The maximum absolute atomic E-state index is 13.1. The van der Waals surface area contributed by atoms with Crippen LogP contribution in [0, 0.1) is 0 Å². The van der Waals surface area contributed by atoms with E-state index in [1.807, 2.05) is 66.7 Å². The van der Waals surface area contributed by atoms with Crippen LogP contribution in [-0.2, 0) is 0 Å². The lowest BCUT2D eigenvalue weighted by Crippen LogP contribution is -2.34. The highest BCUT2D eigenvalue weighted by atomic mass is 16.5. The van der Waals surface area contributed by atoms with E-state index in [0.717, 1.165) is 48.4 Å². The number of hydrogen-bond donors (Lipinski definition) is 3. The van der Waals surface area contributed by atoms with Crippen LogP contribution in [0.5, 0.6) is 23.0 Å². The van der Waals surface area contributed by atoms with Crippen LogP contribution in [0.1, 0.15) is 23.2 Å². The number of rotatable bonds is 8. The Hall–Kier alpha value is -4.49. The molecule has 1 heterocycles. The second-order valence-corrected chi connectivity index (χ2v) is 9.42. The van der Waals surface area contributed by atoms with Gasteiger partial charge in [-0.15, -0.1) is 0 Å². The number of anilines is 1. The number of benzene rings is 4. The van der Waals surface area contributed by atoms with Gasteiger partial charge in [0.1, 0.15) is 29.1 Å². The monoisotopic (exact) mass is 524 g/mol. The average molecular weight is 525 g/mol. The van der Waals surface area contributed by atoms with E-state index >= 15 is 0 Å². The fourth-order valence-electron chi connectivity index (χ4n) is 4.74. The predicted octanol–water partition coefficient (Wildman–Crippen LogP) is 6.13. The lowest BCUT2D eigenvalue weighted by atomic mass is 10.0. The maximum atomic E-state index is 13.1. The summed E-state index contributed by atoms with van der Waals surface area (Å²) in [6.07, 6.45) is 2.07. The third-order valence-electron chi connectivity index (χ3n) is 6.85. The predicted molar refractivity (Wildman–Crippen MR) is 153 cm³/mol. The number of phenolic OH excluding ortho intramolecular Hbond substituents is 1. The summed E-state index contributed by atoms with van der Waals surface area (Å²) < 4.78 is 16.9. The van der Waals surface area contributed by atoms with Crippen molar-refractivity contribution in [3.63, 3.8) is 0 Å². The number of carbonyl (C=O) groups is 1. The number of carbonyl (C=O) groups excluding carboxylic acids is 1. The molecule has 0 radical (unpaired) electrons. The number of piperidine rings is 1. The summed E-state index contributed by atoms with van der Waals surface area (Å²) in [4.78, 5) is 13.1. The standard InChI is InChI=1S/C32H32N2O5/c1-37-26-5-3-4-22(18-26)29-19-23(8-13-31(29)38-2)32(36)34-24-9-6-21(7-10-24)28-12-11-27(20-30(28)35)39-25-14-16-33-17-15-25/h3-13,18-20,25,33,35H,14-17H2,1-2H3,(H,34,36). The molecule has 5 rings (SSSR count). The third kappa shape index (κ3) is 6.16. The number of amides is 1. The van der Waals surface area contributed by atoms with Crippen molar-refractivity contribution in [2.75, 3.05) is 32.6 Å². The summed E-state index contributed by atoms with van der Waals surface area (Å²) in [6.45, 7) is 1.89. The number of nitrogens with one attached hydrogen (secondary N) is 2. The number of hydrogen-bond acceptors (Lipinski definition) is 6. The number of phenols is 1. The maximum Gasteiger partial charge on any atom is 0.255 e. The molecule has 7 heteroatoms. The summed E-state index contributed by atoms with van der Waals surface area (Å²) in [5, 5.41) is 16.9. The van der Waals surface area contributed by atoms with Gasteiger partial charge in [-0.2, -0.15) is 0 Å². The first-order valence-corrected chi connectivity index (χ1v) is 13.0. The third-order valence-corrected chi connectivity index (χ3v) is 6.85. The van der Waals surface area contributed by atoms with E-state index < -0.39 is 0 Å². The first-order valence-electron chi connectivity index (χ1n) is 13.0. The minimum absolute atomic E-state index is 0.154. The van der Waals surface area contributed by atoms with E-state index in [1.165, 1.54) is 0 Å². The molecule has 0 unspecified atom stereocenters. The van der Waals surface area contributed by atoms with Gasteiger partial charge in [0, 0.05) is 28.4 Å². The molecule has 0 aromatic heterocycles. The SMILES string of the molecule is COc1cccc(-c2cc(C(=O)Nc3ccc(-c4ccc(OC5CCNCC5)cc4O)cc3)ccc2OC)c1. The molecule has 1 saturated heterocycles. The molecule has 0 bridgehead atoms. The quantitative estimate of drug-likeness (QED) is 0.257. The van der Waals surface area contributed by atoms with Crippen molar-refractivity contribution in [3.8, 4) is 45.3 Å². The molecular weight excluding hydrogens is 492 g/mol. The Balaban J connectivity index is 1.29. The number of aromatic hydroxyl groups is 1. The van der Waals surface area contributed by atoms with Gasteiger partial charge in [0.25, 0.3) is 5.91 Å². The molecule has 0 saturated carbocycles. The van der Waals surface area contributed by atoms with E-state index in [4.69, 9.17) is 14.2 Å². The van der Waals surface area contributed by atoms with Crippen LogP contribution in [0.15, 0.2) is 84.9 Å². The van der Waals surface area contributed by atoms with Crippen LogP contribution in [0.25, 0.3) is 22.3 Å². The van der Waals surface area contributed by atoms with Gasteiger partial charge in [0.05, 0.1) is 14.2 Å². The molecule has 4 aromatic rings. The van der Waals surface area contributed by atoms with Gasteiger partial charge in [-0.25, -0.2) is 0 Å². The van der Waals surface area contributed by atoms with Crippen molar-refractivity contribution in [2.45, 2.75) is 18.9 Å². The average Bonchev–Trinajstić information content (AvgIpc) is 2.98. The zero-order chi connectivity index (χ0) is 27.2. The lowest BCUT2D eigenvalue weighted by molar-refractivity contribution is 0.102. The summed E-state index contributed by atoms with van der Waals surface area (Å²) in [6, 6.07) is 25.7. The van der Waals surface area contributed by atoms with Gasteiger partial charge < -0.3 is 30.0 Å². The summed E-state index contributed by atoms with van der Waals surface area (Å²) in [5.41, 5.74) is 4.36. The van der Waals surface area contributed by atoms with Crippen LogP contribution >= 0.6 is 0 Å². The smallest absolute Gasteiger partial charge is 0.255 e. The molecule has 0 spiro atoms. The van der Waals surface area contributed by atoms with Gasteiger partial charge in [-0.1, -0.05) is 24.3 Å². The van der Waals surface area contributed by atoms with Crippen molar-refractivity contribution in [1.82, 2.24) is 5.32 Å². The molecule has 1 aliphatic heterocycles. The fraction of sp³-hybridized carbons (Fsp3) is 0.219. The minimum atomic E-state index is -0.239. The van der Waals surface area contributed by atoms with E-state index in [9.17, 15) is 9.90 Å². The van der Waals surface area contributed by atoms with Gasteiger partial charge in [-0.05, 0) is 91.7 Å². The Morgan fingerprint density at radius 1 is 0.821 bits per heavy atom. The first kappa shape index (κ1) is 26.1. The molecule has 39 heavy (non-hydrogen) atoms. The zero-order valence-corrected chi connectivity index (χ0v) is 22.1. The van der Waals surface area contributed by atoms with Gasteiger partial charge >= 0.3 is 0 Å². The molecule has 200 valence electrons. The summed E-state index contributed by atoms with van der Waals surface area (Å²) in [7, 11) is 3.22. The Bertz CT molecular complexity index is 1450. The Kier molecular flexibility index (Phi) is 7.99. The van der Waals surface area contributed by atoms with Crippen molar-refractivity contribution >= 4 is 11.6 Å². The highest BCUT2D eigenvalue weighted by molar-refractivity contribution is 6.05. The van der Waals surface area contributed by atoms with E-state index in [1.54, 1.807) is 32.4 Å². The van der Waals surface area contributed by atoms with Crippen molar-refractivity contribution in [1.29, 1.82) is 0 Å². The van der Waals surface area contributed by atoms with Gasteiger partial charge in [0.15, 0.2) is 0 Å². The molecular formula is C32H32N2O5. The van der Waals surface area contributed by atoms with E-state index in [-0.39, 0.29) is 17.8 Å². The molecule has 1 aliphatic rings. The zero-order valence-electron chi connectivity index (χ0n) is 22.1. The largest absolute Gasteiger partial charge is 0.507 e. The normalized spacial score (nSPS) is 13.5. The second kappa shape index (κ2) is 11.9. The minimum Gasteiger partial charge on any atom is -0.507 e. The molecule has 0 atom stereocenters. The summed E-state index contributed by atoms with van der Waals surface area (Å²) in [5.74, 6) is 1.97. The second-order valence-electron chi connectivity index (χ2n) is 9.42. The van der Waals surface area contributed by atoms with Crippen molar-refractivity contribution < 1.29 is 24.1 Å². The molecule has 3 N–H and O–H groups in total. The Morgan fingerprint density at radius 2 is 1.62 bits per heavy atom. The van der Waals surface area contributed by atoms with Crippen LogP contribution in [0.2, 0.25) is 0 Å². The van der Waals surface area contributed by atoms with E-state index in [0.29, 0.717) is 28.3 Å². The molecule has 4 aromatic carbocycles.